The molecule has 3 rings (SSSR count). The van der Waals surface area contributed by atoms with Crippen molar-refractivity contribution in [1.82, 2.24) is 0 Å². The number of anilines is 1. The van der Waals surface area contributed by atoms with Crippen molar-refractivity contribution in [2.45, 2.75) is 39.0 Å². The quantitative estimate of drug-likeness (QED) is 0.484. The lowest BCUT2D eigenvalue weighted by Gasteiger charge is -2.25. The molecule has 0 radical (unpaired) electrons. The molecule has 31 heavy (non-hydrogen) atoms. The van der Waals surface area contributed by atoms with Crippen molar-refractivity contribution in [1.29, 1.82) is 0 Å². The Morgan fingerprint density at radius 2 is 2.06 bits per heavy atom. The summed E-state index contributed by atoms with van der Waals surface area (Å²) in [4.78, 5) is 12.6. The molecule has 5 heteroatoms. The van der Waals surface area contributed by atoms with E-state index in [2.05, 4.69) is 42.6 Å². The molecule has 0 bridgehead atoms. The van der Waals surface area contributed by atoms with Gasteiger partial charge in [0.2, 0.25) is 5.91 Å². The van der Waals surface area contributed by atoms with Gasteiger partial charge >= 0.3 is 0 Å². The van der Waals surface area contributed by atoms with E-state index in [-0.39, 0.29) is 17.2 Å². The van der Waals surface area contributed by atoms with Gasteiger partial charge in [0.25, 0.3) is 5.92 Å². The summed E-state index contributed by atoms with van der Waals surface area (Å²) in [5.41, 5.74) is 2.65. The fraction of sp³-hybridized carbons (Fsp3) is 0.346. The Kier molecular flexibility index (Phi) is 7.26. The van der Waals surface area contributed by atoms with E-state index in [4.69, 9.17) is 4.74 Å². The highest BCUT2D eigenvalue weighted by Crippen LogP contribution is 2.35. The van der Waals surface area contributed by atoms with Crippen LogP contribution < -0.4 is 10.1 Å². The van der Waals surface area contributed by atoms with Gasteiger partial charge in [-0.1, -0.05) is 49.4 Å². The Morgan fingerprint density at radius 3 is 2.81 bits per heavy atom. The smallest absolute Gasteiger partial charge is 0.291 e. The van der Waals surface area contributed by atoms with Crippen molar-refractivity contribution in [3.8, 4) is 5.75 Å². The lowest BCUT2D eigenvalue weighted by Crippen LogP contribution is -2.19. The zero-order valence-corrected chi connectivity index (χ0v) is 18.2. The van der Waals surface area contributed by atoms with E-state index in [0.717, 1.165) is 12.5 Å². The van der Waals surface area contributed by atoms with E-state index in [9.17, 15) is 13.6 Å². The maximum absolute atomic E-state index is 14.2. The van der Waals surface area contributed by atoms with Gasteiger partial charge in [0.15, 0.2) is 0 Å². The van der Waals surface area contributed by atoms with Crippen LogP contribution in [0.2, 0.25) is 0 Å². The highest BCUT2D eigenvalue weighted by molar-refractivity contribution is 5.92. The normalized spacial score (nSPS) is 16.7. The van der Waals surface area contributed by atoms with Crippen LogP contribution in [0, 0.1) is 11.8 Å². The molecular weight excluding hydrogens is 396 g/mol. The second kappa shape index (κ2) is 9.90. The number of fused-ring (bicyclic) bond motifs is 1. The number of carbonyl (C=O) groups excluding carboxylic acids is 1. The Labute approximate surface area is 182 Å². The molecule has 1 amide bonds. The van der Waals surface area contributed by atoms with Crippen molar-refractivity contribution in [3.63, 3.8) is 0 Å². The molecule has 1 aliphatic rings. The van der Waals surface area contributed by atoms with E-state index in [1.807, 2.05) is 6.07 Å². The predicted molar refractivity (Wildman–Crippen MR) is 121 cm³/mol. The number of ether oxygens (including phenoxy) is 1. The summed E-state index contributed by atoms with van der Waals surface area (Å²) < 4.78 is 33.7. The number of hydrogen-bond acceptors (Lipinski definition) is 2. The molecule has 1 N–H and O–H groups in total. The lowest BCUT2D eigenvalue weighted by molar-refractivity contribution is -0.116. The number of carbonyl (C=O) groups is 1. The van der Waals surface area contributed by atoms with Crippen LogP contribution in [0.4, 0.5) is 14.5 Å². The number of rotatable bonds is 8. The average molecular weight is 426 g/mol. The van der Waals surface area contributed by atoms with Gasteiger partial charge in [-0.3, -0.25) is 4.79 Å². The number of alkyl halides is 2. The summed E-state index contributed by atoms with van der Waals surface area (Å²) >= 11 is 0. The Hall–Kier alpha value is -2.95. The maximum atomic E-state index is 14.2. The van der Waals surface area contributed by atoms with Crippen LogP contribution in [0.5, 0.6) is 5.75 Å². The van der Waals surface area contributed by atoms with E-state index < -0.39 is 5.92 Å². The van der Waals surface area contributed by atoms with Crippen LogP contribution in [0.25, 0.3) is 6.08 Å². The first kappa shape index (κ1) is 22.7. The molecule has 0 saturated carbocycles. The highest BCUT2D eigenvalue weighted by atomic mass is 19.3. The van der Waals surface area contributed by atoms with Gasteiger partial charge in [0.1, 0.15) is 5.75 Å². The molecule has 2 unspecified atom stereocenters. The third-order valence-electron chi connectivity index (χ3n) is 5.83. The van der Waals surface area contributed by atoms with Crippen molar-refractivity contribution < 1.29 is 18.3 Å². The van der Waals surface area contributed by atoms with Gasteiger partial charge in [-0.15, -0.1) is 0 Å². The molecule has 2 atom stereocenters. The van der Waals surface area contributed by atoms with Gasteiger partial charge < -0.3 is 10.1 Å². The molecule has 164 valence electrons. The number of methoxy groups -OCH3 is 1. The number of nitrogens with one attached hydrogen (secondary N) is 1. The number of amides is 1. The minimum absolute atomic E-state index is 0.193. The van der Waals surface area contributed by atoms with E-state index >= 15 is 0 Å². The van der Waals surface area contributed by atoms with Crippen LogP contribution in [0.15, 0.2) is 60.7 Å². The fourth-order valence-corrected chi connectivity index (χ4v) is 3.93. The van der Waals surface area contributed by atoms with Crippen molar-refractivity contribution in [3.05, 3.63) is 77.4 Å². The van der Waals surface area contributed by atoms with Crippen LogP contribution in [0.3, 0.4) is 0 Å². The topological polar surface area (TPSA) is 38.3 Å². The molecule has 3 nitrogen and oxygen atoms in total. The number of halogens is 2. The molecule has 0 heterocycles. The molecule has 0 fully saturated rings. The molecule has 0 aromatic heterocycles. The fourth-order valence-electron chi connectivity index (χ4n) is 3.93. The molecule has 1 aliphatic carbocycles. The third-order valence-corrected chi connectivity index (χ3v) is 5.83. The average Bonchev–Trinajstić information content (AvgIpc) is 2.77. The first-order valence-electron chi connectivity index (χ1n) is 10.6. The first-order valence-corrected chi connectivity index (χ1v) is 10.6. The highest BCUT2D eigenvalue weighted by Gasteiger charge is 2.29. The molecule has 2 aromatic rings. The van der Waals surface area contributed by atoms with Gasteiger partial charge in [-0.25, -0.2) is 0 Å². The minimum atomic E-state index is -3.11. The van der Waals surface area contributed by atoms with Gasteiger partial charge in [0.05, 0.1) is 12.8 Å². The minimum Gasteiger partial charge on any atom is -0.495 e. The zero-order chi connectivity index (χ0) is 22.4. The lowest BCUT2D eigenvalue weighted by atomic mass is 9.80. The van der Waals surface area contributed by atoms with Gasteiger partial charge in [-0.2, -0.15) is 8.78 Å². The second-order valence-electron chi connectivity index (χ2n) is 8.03. The van der Waals surface area contributed by atoms with Crippen molar-refractivity contribution in [2.24, 2.45) is 11.8 Å². The standard InChI is InChI=1S/C26H29F2NO2/c1-4-15-26(27,28)22-12-13-24(31-3)23(17-22)29-25(30)14-9-18(2)20-11-10-19-7-5-6-8-21(19)16-20/h4-8,10-13,15,17-18,20H,9,14,16H2,1-3H3,(H,29,30). The van der Waals surface area contributed by atoms with Crippen LogP contribution in [0.1, 0.15) is 43.4 Å². The summed E-state index contributed by atoms with van der Waals surface area (Å²) in [7, 11) is 1.45. The van der Waals surface area contributed by atoms with E-state index in [1.165, 1.54) is 42.5 Å². The maximum Gasteiger partial charge on any atom is 0.291 e. The SMILES string of the molecule is CC=CC(F)(F)c1ccc(OC)c(NC(=O)CCC(C)C2C=Cc3ccccc3C2)c1. The second-order valence-corrected chi connectivity index (χ2v) is 8.03. The summed E-state index contributed by atoms with van der Waals surface area (Å²) in [6.07, 6.45) is 8.50. The summed E-state index contributed by atoms with van der Waals surface area (Å²) in [5, 5.41) is 2.75. The summed E-state index contributed by atoms with van der Waals surface area (Å²) in [6.45, 7) is 3.69. The number of hydrogen-bond donors (Lipinski definition) is 1. The zero-order valence-electron chi connectivity index (χ0n) is 18.2. The molecular formula is C26H29F2NO2. The van der Waals surface area contributed by atoms with Gasteiger partial charge in [-0.05, 0) is 67.0 Å². The van der Waals surface area contributed by atoms with Crippen LogP contribution in [-0.2, 0) is 17.1 Å². The number of benzene rings is 2. The molecule has 0 saturated heterocycles. The predicted octanol–water partition coefficient (Wildman–Crippen LogP) is 6.60. The van der Waals surface area contributed by atoms with Crippen molar-refractivity contribution in [2.75, 3.05) is 12.4 Å². The van der Waals surface area contributed by atoms with Crippen LogP contribution in [-0.4, -0.2) is 13.0 Å². The van der Waals surface area contributed by atoms with E-state index in [0.29, 0.717) is 30.4 Å². The molecule has 0 spiro atoms. The largest absolute Gasteiger partial charge is 0.495 e. The van der Waals surface area contributed by atoms with Crippen LogP contribution >= 0.6 is 0 Å². The summed E-state index contributed by atoms with van der Waals surface area (Å²) in [5.74, 6) is -2.27. The molecule has 0 aliphatic heterocycles. The van der Waals surface area contributed by atoms with Gasteiger partial charge in [0, 0.05) is 12.0 Å². The number of allylic oxidation sites excluding steroid dienone is 3. The Bertz CT molecular complexity index is 981. The van der Waals surface area contributed by atoms with Crippen molar-refractivity contribution >= 4 is 17.7 Å². The first-order chi connectivity index (χ1) is 14.8. The monoisotopic (exact) mass is 425 g/mol. The third kappa shape index (κ3) is 5.60. The van der Waals surface area contributed by atoms with E-state index in [1.54, 1.807) is 6.92 Å². The Balaban J connectivity index is 1.62. The Morgan fingerprint density at radius 1 is 1.29 bits per heavy atom. The molecule has 2 aromatic carbocycles. The summed E-state index contributed by atoms with van der Waals surface area (Å²) in [6, 6.07) is 12.4.